The van der Waals surface area contributed by atoms with Crippen molar-refractivity contribution in [1.82, 2.24) is 0 Å². The molecule has 0 aromatic heterocycles. The van der Waals surface area contributed by atoms with Crippen LogP contribution in [0.25, 0.3) is 24.3 Å². The Morgan fingerprint density at radius 3 is 1.30 bits per heavy atom. The van der Waals surface area contributed by atoms with E-state index in [1.54, 1.807) is 38.1 Å². The van der Waals surface area contributed by atoms with Crippen LogP contribution in [0.15, 0.2) is 72.8 Å². The molecule has 2 aliphatic carbocycles. The second-order valence-corrected chi connectivity index (χ2v) is 18.6. The monoisotopic (exact) mass is 874 g/mol. The average molecular weight is 876 g/mol. The number of halogens is 1. The first-order valence-electron chi connectivity index (χ1n) is 20.7. The number of aliphatic hydroxyl groups is 1. The third kappa shape index (κ3) is 9.82. The van der Waals surface area contributed by atoms with Crippen molar-refractivity contribution >= 4 is 63.7 Å². The number of alkyl halides is 1. The van der Waals surface area contributed by atoms with Crippen molar-refractivity contribution in [3.05, 3.63) is 140 Å². The topological polar surface area (TPSA) is 107 Å². The molecule has 0 saturated carbocycles. The van der Waals surface area contributed by atoms with Crippen molar-refractivity contribution in [2.24, 2.45) is 0 Å². The van der Waals surface area contributed by atoms with E-state index in [-0.39, 0.29) is 40.9 Å². The highest BCUT2D eigenvalue weighted by molar-refractivity contribution is 9.08. The molecule has 0 atom stereocenters. The summed E-state index contributed by atoms with van der Waals surface area (Å²) in [4.78, 5) is 49.2. The van der Waals surface area contributed by atoms with Crippen LogP contribution in [-0.4, -0.2) is 41.8 Å². The van der Waals surface area contributed by atoms with E-state index in [0.29, 0.717) is 37.2 Å². The smallest absolute Gasteiger partial charge is 0.338 e. The molecule has 8 heteroatoms. The number of ether oxygens (including phenoxy) is 2. The summed E-state index contributed by atoms with van der Waals surface area (Å²) in [5, 5.41) is 10.7. The Bertz CT molecular complexity index is 2160. The van der Waals surface area contributed by atoms with E-state index in [1.165, 1.54) is 11.1 Å². The van der Waals surface area contributed by atoms with Gasteiger partial charge in [-0.3, -0.25) is 9.59 Å². The minimum absolute atomic E-state index is 0.0702. The maximum atomic E-state index is 12.8. The Balaban J connectivity index is 0.000000228. The Hall–Kier alpha value is -4.92. The van der Waals surface area contributed by atoms with Crippen LogP contribution >= 0.6 is 15.9 Å². The lowest BCUT2D eigenvalue weighted by Gasteiger charge is -2.41. The van der Waals surface area contributed by atoms with Crippen LogP contribution in [0.3, 0.4) is 0 Å². The second kappa shape index (κ2) is 18.4. The molecule has 4 aromatic rings. The highest BCUT2D eigenvalue weighted by Crippen LogP contribution is 2.46. The molecular weight excluding hydrogens is 816 g/mol. The molecule has 7 nitrogen and oxygen atoms in total. The van der Waals surface area contributed by atoms with Gasteiger partial charge in [0.1, 0.15) is 11.6 Å². The zero-order chi connectivity index (χ0) is 44.2. The molecule has 1 N–H and O–H groups in total. The number of carbonyl (C=O) groups is 4. The van der Waals surface area contributed by atoms with Crippen LogP contribution in [0.1, 0.15) is 158 Å². The van der Waals surface area contributed by atoms with Gasteiger partial charge >= 0.3 is 11.9 Å². The van der Waals surface area contributed by atoms with Crippen molar-refractivity contribution in [1.29, 1.82) is 0 Å². The van der Waals surface area contributed by atoms with Crippen molar-refractivity contribution in [3.8, 4) is 0 Å². The fraction of sp³-hybridized carbons (Fsp3) is 0.385. The number of rotatable bonds is 10. The maximum absolute atomic E-state index is 12.8. The summed E-state index contributed by atoms with van der Waals surface area (Å²) in [6, 6.07) is 23.1. The second-order valence-electron chi connectivity index (χ2n) is 18.1. The number of hydrogen-bond donors (Lipinski definition) is 1. The Kier molecular flexibility index (Phi) is 14.1. The summed E-state index contributed by atoms with van der Waals surface area (Å²) < 4.78 is 10.0. The molecule has 0 bridgehead atoms. The van der Waals surface area contributed by atoms with E-state index in [9.17, 15) is 24.3 Å². The molecule has 0 spiro atoms. The van der Waals surface area contributed by atoms with E-state index in [1.807, 2.05) is 82.3 Å². The number of hydrogen-bond acceptors (Lipinski definition) is 7. The quantitative estimate of drug-likeness (QED) is 0.0960. The highest BCUT2D eigenvalue weighted by Gasteiger charge is 2.44. The molecule has 60 heavy (non-hydrogen) atoms. The predicted octanol–water partition coefficient (Wildman–Crippen LogP) is 11.5. The van der Waals surface area contributed by atoms with Crippen LogP contribution in [0.4, 0.5) is 0 Å². The predicted molar refractivity (Wildman–Crippen MR) is 245 cm³/mol. The Labute approximate surface area is 364 Å². The number of benzene rings is 4. The molecule has 0 radical (unpaired) electrons. The third-order valence-corrected chi connectivity index (χ3v) is 12.6. The van der Waals surface area contributed by atoms with Gasteiger partial charge in [-0.25, -0.2) is 9.59 Å². The molecule has 4 aromatic carbocycles. The van der Waals surface area contributed by atoms with Crippen LogP contribution in [0.5, 0.6) is 0 Å². The van der Waals surface area contributed by atoms with E-state index < -0.39 is 10.8 Å². The lowest BCUT2D eigenvalue weighted by Crippen LogP contribution is -2.42. The van der Waals surface area contributed by atoms with Crippen LogP contribution in [0, 0.1) is 0 Å². The normalized spacial score (nSPS) is 17.1. The maximum Gasteiger partial charge on any atom is 0.338 e. The van der Waals surface area contributed by atoms with Gasteiger partial charge in [-0.1, -0.05) is 116 Å². The molecule has 316 valence electrons. The molecule has 0 saturated heterocycles. The minimum Gasteiger partial charge on any atom is -0.462 e. The van der Waals surface area contributed by atoms with Crippen molar-refractivity contribution in [2.75, 3.05) is 13.2 Å². The van der Waals surface area contributed by atoms with Crippen LogP contribution < -0.4 is 0 Å². The summed E-state index contributed by atoms with van der Waals surface area (Å²) >= 11 is 3.63. The molecule has 0 aliphatic heterocycles. The zero-order valence-electron chi connectivity index (χ0n) is 36.8. The summed E-state index contributed by atoms with van der Waals surface area (Å²) in [5.74, 6) is -0.115. The van der Waals surface area contributed by atoms with E-state index in [0.717, 1.165) is 49.8 Å². The van der Waals surface area contributed by atoms with Crippen molar-refractivity contribution in [2.45, 2.75) is 116 Å². The van der Waals surface area contributed by atoms with Gasteiger partial charge in [-0.05, 0) is 132 Å². The van der Waals surface area contributed by atoms with Gasteiger partial charge in [0.15, 0.2) is 0 Å². The van der Waals surface area contributed by atoms with Gasteiger partial charge in [0, 0.05) is 29.0 Å². The van der Waals surface area contributed by atoms with E-state index in [4.69, 9.17) is 9.47 Å². The van der Waals surface area contributed by atoms with Gasteiger partial charge in [-0.15, -0.1) is 0 Å². The van der Waals surface area contributed by atoms with E-state index >= 15 is 0 Å². The lowest BCUT2D eigenvalue weighted by molar-refractivity contribution is -0.126. The van der Waals surface area contributed by atoms with Gasteiger partial charge < -0.3 is 14.6 Å². The number of esters is 2. The number of Topliss-reactive ketones (excluding diaryl/α,β-unsaturated/α-hetero) is 2. The Morgan fingerprint density at radius 1 is 0.583 bits per heavy atom. The molecule has 0 heterocycles. The molecule has 2 aliphatic rings. The third-order valence-electron chi connectivity index (χ3n) is 12.0. The minimum atomic E-state index is -0.553. The first-order valence-corrected chi connectivity index (χ1v) is 21.8. The lowest BCUT2D eigenvalue weighted by atomic mass is 9.62. The molecule has 0 amide bonds. The van der Waals surface area contributed by atoms with Gasteiger partial charge in [0.25, 0.3) is 0 Å². The number of fused-ring (bicyclic) bond motifs is 2. The summed E-state index contributed by atoms with van der Waals surface area (Å²) in [6.07, 6.45) is 9.08. The first-order chi connectivity index (χ1) is 28.2. The van der Waals surface area contributed by atoms with E-state index in [2.05, 4.69) is 61.8 Å². The molecule has 0 unspecified atom stereocenters. The van der Waals surface area contributed by atoms with Gasteiger partial charge in [-0.2, -0.15) is 0 Å². The molecule has 6 rings (SSSR count). The average Bonchev–Trinajstić information content (AvgIpc) is 3.21. The molecular formula is C52H59BrO7. The first kappa shape index (κ1) is 46.2. The fourth-order valence-electron chi connectivity index (χ4n) is 8.04. The van der Waals surface area contributed by atoms with Gasteiger partial charge in [0.2, 0.25) is 0 Å². The van der Waals surface area contributed by atoms with Crippen LogP contribution in [-0.2, 0) is 52.7 Å². The molecule has 0 fully saturated rings. The number of carbonyl (C=O) groups excluding carboxylic acids is 4. The summed E-state index contributed by atoms with van der Waals surface area (Å²) in [7, 11) is 0. The van der Waals surface area contributed by atoms with Crippen molar-refractivity contribution < 1.29 is 33.8 Å². The largest absolute Gasteiger partial charge is 0.462 e. The standard InChI is InChI=1S/C26H29BrO3.C26H30O4/c2*1-6-30-24(29)18-10-7-17(8-11-18)9-12-19-13-22-21(14-20(19)16-27)25(2,3)15-23(28)26(22,4)5/h7-14H,6,15-16H2,1-5H3;7-14,27H,6,15-16H2,1-5H3/b2*12-9+. The Morgan fingerprint density at radius 2 is 0.950 bits per heavy atom. The zero-order valence-corrected chi connectivity index (χ0v) is 38.3. The SMILES string of the molecule is CCOC(=O)c1ccc(/C=C/c2cc3c(cc2CBr)C(C)(C)CC(=O)C3(C)C)cc1.CCOC(=O)c1ccc(/C=C/c2cc3c(cc2CO)C(C)(C)CC(=O)C3(C)C)cc1. The number of aliphatic hydroxyl groups excluding tert-OH is 1. The highest BCUT2D eigenvalue weighted by atomic mass is 79.9. The summed E-state index contributed by atoms with van der Waals surface area (Å²) in [6.45, 7) is 20.7. The van der Waals surface area contributed by atoms with Gasteiger partial charge in [0.05, 0.1) is 30.9 Å². The van der Waals surface area contributed by atoms with Crippen molar-refractivity contribution in [3.63, 3.8) is 0 Å². The summed E-state index contributed by atoms with van der Waals surface area (Å²) in [5.41, 5.74) is 10.1. The fourth-order valence-corrected chi connectivity index (χ4v) is 8.52. The number of ketones is 2. The van der Waals surface area contributed by atoms with Crippen LogP contribution in [0.2, 0.25) is 0 Å².